The number of ether oxygens (including phenoxy) is 1. The first-order valence-electron chi connectivity index (χ1n) is 11.5. The van der Waals surface area contributed by atoms with Gasteiger partial charge in [-0.05, 0) is 48.7 Å². The first-order chi connectivity index (χ1) is 16.9. The molecule has 2 aromatic carbocycles. The highest BCUT2D eigenvalue weighted by atomic mass is 16.5. The predicted molar refractivity (Wildman–Crippen MR) is 135 cm³/mol. The molecule has 0 fully saturated rings. The monoisotopic (exact) mass is 473 g/mol. The lowest BCUT2D eigenvalue weighted by atomic mass is 10.0. The van der Waals surface area contributed by atoms with E-state index >= 15 is 0 Å². The van der Waals surface area contributed by atoms with E-state index in [1.165, 1.54) is 0 Å². The van der Waals surface area contributed by atoms with Crippen LogP contribution in [0.2, 0.25) is 0 Å². The van der Waals surface area contributed by atoms with Crippen LogP contribution in [0.5, 0.6) is 5.75 Å². The molecule has 180 valence electrons. The Morgan fingerprint density at radius 3 is 2.80 bits per heavy atom. The number of carbonyl (C=O) groups is 1. The first-order valence-corrected chi connectivity index (χ1v) is 11.5. The second-order valence-electron chi connectivity index (χ2n) is 8.56. The number of anilines is 3. The molecule has 0 unspecified atom stereocenters. The maximum atomic E-state index is 10.9. The Morgan fingerprint density at radius 1 is 1.20 bits per heavy atom. The molecule has 1 aliphatic rings. The van der Waals surface area contributed by atoms with Gasteiger partial charge in [-0.3, -0.25) is 5.32 Å². The number of benzene rings is 2. The molecular formula is C25H27N7O3. The van der Waals surface area contributed by atoms with Crippen LogP contribution in [-0.2, 0) is 13.0 Å². The van der Waals surface area contributed by atoms with Crippen molar-refractivity contribution in [1.29, 1.82) is 0 Å². The minimum absolute atomic E-state index is 0.193. The SMILES string of the molecule is CCCc1c(C)nc(N)nc1N1CCOc2ccc(-c3ccc4nc(NC(=O)O)[nH]c4c3)cc2C1. The number of aryl methyl sites for hydroxylation is 1. The van der Waals surface area contributed by atoms with E-state index in [4.69, 9.17) is 15.6 Å². The van der Waals surface area contributed by atoms with Gasteiger partial charge in [0, 0.05) is 23.4 Å². The lowest BCUT2D eigenvalue weighted by Crippen LogP contribution is -2.28. The minimum atomic E-state index is -1.16. The Bertz CT molecular complexity index is 1420. The lowest BCUT2D eigenvalue weighted by molar-refractivity contribution is 0.209. The molecule has 3 heterocycles. The van der Waals surface area contributed by atoms with Gasteiger partial charge in [-0.2, -0.15) is 4.98 Å². The number of hydrogen-bond acceptors (Lipinski definition) is 7. The summed E-state index contributed by atoms with van der Waals surface area (Å²) in [5.74, 6) is 2.19. The number of aromatic amines is 1. The van der Waals surface area contributed by atoms with E-state index in [0.717, 1.165) is 57.9 Å². The number of nitrogens with one attached hydrogen (secondary N) is 2. The van der Waals surface area contributed by atoms with Gasteiger partial charge < -0.3 is 25.5 Å². The van der Waals surface area contributed by atoms with Crippen molar-refractivity contribution in [3.63, 3.8) is 0 Å². The molecule has 0 bridgehead atoms. The van der Waals surface area contributed by atoms with Gasteiger partial charge >= 0.3 is 6.09 Å². The normalized spacial score (nSPS) is 13.3. The molecule has 5 rings (SSSR count). The smallest absolute Gasteiger partial charge is 0.411 e. The van der Waals surface area contributed by atoms with Crippen LogP contribution in [0.15, 0.2) is 36.4 Å². The van der Waals surface area contributed by atoms with Crippen molar-refractivity contribution < 1.29 is 14.6 Å². The van der Waals surface area contributed by atoms with Crippen LogP contribution in [0.4, 0.5) is 22.5 Å². The van der Waals surface area contributed by atoms with Gasteiger partial charge in [0.15, 0.2) is 0 Å². The van der Waals surface area contributed by atoms with Crippen molar-refractivity contribution >= 4 is 34.8 Å². The number of amides is 1. The highest BCUT2D eigenvalue weighted by Gasteiger charge is 2.22. The quantitative estimate of drug-likeness (QED) is 0.335. The minimum Gasteiger partial charge on any atom is -0.491 e. The summed E-state index contributed by atoms with van der Waals surface area (Å²) in [4.78, 5) is 29.4. The van der Waals surface area contributed by atoms with E-state index in [-0.39, 0.29) is 11.9 Å². The van der Waals surface area contributed by atoms with E-state index in [2.05, 4.69) is 43.1 Å². The molecule has 0 radical (unpaired) electrons. The number of nitrogens with two attached hydrogens (primary N) is 1. The highest BCUT2D eigenvalue weighted by Crippen LogP contribution is 2.33. The standard InChI is InChI=1S/C25H27N7O3/c1-3-4-18-14(2)27-23(26)30-22(18)32-9-10-35-21-8-6-15(11-17(21)13-32)16-5-7-19-20(12-16)29-24(28-19)31-25(33)34/h5-8,11-12H,3-4,9-10,13H2,1-2H3,(H,33,34)(H2,26,27,30)(H2,28,29,31). The Hall–Kier alpha value is -4.34. The van der Waals surface area contributed by atoms with Crippen molar-refractivity contribution in [2.24, 2.45) is 0 Å². The summed E-state index contributed by atoms with van der Waals surface area (Å²) in [6.45, 7) is 5.99. The van der Waals surface area contributed by atoms with Gasteiger partial charge in [0.25, 0.3) is 0 Å². The van der Waals surface area contributed by atoms with Crippen LogP contribution in [0.3, 0.4) is 0 Å². The largest absolute Gasteiger partial charge is 0.491 e. The molecule has 35 heavy (non-hydrogen) atoms. The van der Waals surface area contributed by atoms with Gasteiger partial charge in [0.1, 0.15) is 18.2 Å². The van der Waals surface area contributed by atoms with Gasteiger partial charge in [-0.15, -0.1) is 0 Å². The van der Waals surface area contributed by atoms with E-state index in [9.17, 15) is 4.79 Å². The van der Waals surface area contributed by atoms with Crippen LogP contribution in [0.25, 0.3) is 22.2 Å². The van der Waals surface area contributed by atoms with Crippen LogP contribution in [-0.4, -0.2) is 44.3 Å². The van der Waals surface area contributed by atoms with Crippen molar-refractivity contribution in [3.8, 4) is 16.9 Å². The number of hydrogen-bond donors (Lipinski definition) is 4. The van der Waals surface area contributed by atoms with Crippen molar-refractivity contribution in [2.45, 2.75) is 33.2 Å². The van der Waals surface area contributed by atoms with Crippen LogP contribution in [0.1, 0.15) is 30.2 Å². The summed E-state index contributed by atoms with van der Waals surface area (Å²) in [5.41, 5.74) is 12.5. The summed E-state index contributed by atoms with van der Waals surface area (Å²) in [7, 11) is 0. The number of imidazole rings is 1. The van der Waals surface area contributed by atoms with Gasteiger partial charge in [-0.1, -0.05) is 25.5 Å². The fraction of sp³-hybridized carbons (Fsp3) is 0.280. The zero-order valence-corrected chi connectivity index (χ0v) is 19.6. The Morgan fingerprint density at radius 2 is 2.00 bits per heavy atom. The number of nitrogen functional groups attached to an aromatic ring is 1. The number of fused-ring (bicyclic) bond motifs is 2. The number of aromatic nitrogens is 4. The van der Waals surface area contributed by atoms with E-state index in [0.29, 0.717) is 25.2 Å². The maximum absolute atomic E-state index is 10.9. The Labute approximate surface area is 202 Å². The van der Waals surface area contributed by atoms with Gasteiger partial charge in [0.05, 0.1) is 17.6 Å². The second-order valence-corrected chi connectivity index (χ2v) is 8.56. The van der Waals surface area contributed by atoms with Crippen LogP contribution in [0, 0.1) is 6.92 Å². The molecule has 0 aliphatic carbocycles. The highest BCUT2D eigenvalue weighted by molar-refractivity contribution is 5.87. The third-order valence-corrected chi connectivity index (χ3v) is 6.09. The number of H-pyrrole nitrogens is 1. The fourth-order valence-electron chi connectivity index (χ4n) is 4.51. The molecule has 4 aromatic rings. The number of nitrogens with zero attached hydrogens (tertiary/aromatic N) is 4. The third kappa shape index (κ3) is 4.54. The van der Waals surface area contributed by atoms with Crippen molar-refractivity contribution in [2.75, 3.05) is 29.1 Å². The summed E-state index contributed by atoms with van der Waals surface area (Å²) in [6.07, 6.45) is 0.711. The van der Waals surface area contributed by atoms with E-state index in [1.807, 2.05) is 37.3 Å². The molecular weight excluding hydrogens is 446 g/mol. The molecule has 0 saturated carbocycles. The molecule has 1 aliphatic heterocycles. The Balaban J connectivity index is 1.49. The zero-order valence-electron chi connectivity index (χ0n) is 19.6. The molecule has 0 spiro atoms. The topological polar surface area (TPSA) is 142 Å². The Kier molecular flexibility index (Phi) is 5.86. The van der Waals surface area contributed by atoms with Gasteiger partial charge in [-0.25, -0.2) is 14.8 Å². The van der Waals surface area contributed by atoms with Crippen LogP contribution >= 0.6 is 0 Å². The predicted octanol–water partition coefficient (Wildman–Crippen LogP) is 4.35. The van der Waals surface area contributed by atoms with Crippen molar-refractivity contribution in [1.82, 2.24) is 19.9 Å². The molecule has 2 aromatic heterocycles. The summed E-state index contributed by atoms with van der Waals surface area (Å²) in [5, 5.41) is 11.2. The average Bonchev–Trinajstić information content (AvgIpc) is 3.08. The third-order valence-electron chi connectivity index (χ3n) is 6.09. The zero-order chi connectivity index (χ0) is 24.5. The number of rotatable bonds is 5. The molecule has 5 N–H and O–H groups in total. The fourth-order valence-corrected chi connectivity index (χ4v) is 4.51. The van der Waals surface area contributed by atoms with E-state index in [1.54, 1.807) is 0 Å². The molecule has 1 amide bonds. The summed E-state index contributed by atoms with van der Waals surface area (Å²) >= 11 is 0. The maximum Gasteiger partial charge on any atom is 0.411 e. The number of carboxylic acid groups (broad SMARTS) is 1. The van der Waals surface area contributed by atoms with Gasteiger partial charge in [0.2, 0.25) is 11.9 Å². The first kappa shape index (κ1) is 22.5. The van der Waals surface area contributed by atoms with E-state index < -0.39 is 6.09 Å². The molecule has 10 nitrogen and oxygen atoms in total. The summed E-state index contributed by atoms with van der Waals surface area (Å²) in [6, 6.07) is 11.9. The summed E-state index contributed by atoms with van der Waals surface area (Å²) < 4.78 is 6.07. The second kappa shape index (κ2) is 9.13. The molecule has 0 atom stereocenters. The lowest BCUT2D eigenvalue weighted by Gasteiger charge is -2.25. The average molecular weight is 474 g/mol. The molecule has 0 saturated heterocycles. The van der Waals surface area contributed by atoms with Crippen LogP contribution < -0.4 is 20.7 Å². The van der Waals surface area contributed by atoms with Crippen molar-refractivity contribution in [3.05, 3.63) is 53.2 Å². The molecule has 10 heteroatoms.